The second-order valence-corrected chi connectivity index (χ2v) is 8.71. The molecule has 3 aliphatic rings. The molecule has 1 N–H and O–H groups in total. The van der Waals surface area contributed by atoms with Gasteiger partial charge in [0.15, 0.2) is 0 Å². The standard InChI is InChI=1S/C22H32N4O4/c1-29-18-4-7-23-20(10-18)22(28)24-11-19-14-26(21(27)15-30-19)13-17-5-8-25(9-6-17)12-16-2-3-16/h4,7,10,16-17,19H,2-3,5-6,8-9,11-15H2,1H3,(H,24,28). The highest BCUT2D eigenvalue weighted by Gasteiger charge is 2.31. The van der Waals surface area contributed by atoms with Crippen molar-refractivity contribution in [1.82, 2.24) is 20.1 Å². The number of nitrogens with zero attached hydrogens (tertiary/aromatic N) is 3. The van der Waals surface area contributed by atoms with Crippen LogP contribution in [-0.4, -0.2) is 85.7 Å². The molecule has 2 saturated heterocycles. The summed E-state index contributed by atoms with van der Waals surface area (Å²) in [4.78, 5) is 33.3. The third kappa shape index (κ3) is 5.70. The van der Waals surface area contributed by atoms with E-state index in [0.29, 0.717) is 30.5 Å². The Balaban J connectivity index is 1.22. The van der Waals surface area contributed by atoms with E-state index in [4.69, 9.17) is 9.47 Å². The lowest BCUT2D eigenvalue weighted by Crippen LogP contribution is -2.52. The van der Waals surface area contributed by atoms with Crippen LogP contribution in [-0.2, 0) is 9.53 Å². The van der Waals surface area contributed by atoms with Crippen molar-refractivity contribution >= 4 is 11.8 Å². The molecule has 164 valence electrons. The number of morpholine rings is 1. The van der Waals surface area contributed by atoms with Gasteiger partial charge in [0.05, 0.1) is 13.2 Å². The molecular formula is C22H32N4O4. The molecule has 1 aliphatic carbocycles. The molecule has 1 aromatic heterocycles. The molecule has 0 aromatic carbocycles. The summed E-state index contributed by atoms with van der Waals surface area (Å²) < 4.78 is 10.8. The van der Waals surface area contributed by atoms with Gasteiger partial charge in [-0.15, -0.1) is 0 Å². The highest BCUT2D eigenvalue weighted by atomic mass is 16.5. The Hall–Kier alpha value is -2.19. The fourth-order valence-corrected chi connectivity index (χ4v) is 4.27. The van der Waals surface area contributed by atoms with Crippen LogP contribution < -0.4 is 10.1 Å². The number of carbonyl (C=O) groups excluding carboxylic acids is 2. The third-order valence-corrected chi connectivity index (χ3v) is 6.31. The van der Waals surface area contributed by atoms with Crippen molar-refractivity contribution in [2.45, 2.75) is 31.8 Å². The van der Waals surface area contributed by atoms with E-state index in [9.17, 15) is 9.59 Å². The summed E-state index contributed by atoms with van der Waals surface area (Å²) in [5, 5.41) is 2.86. The predicted octanol–water partition coefficient (Wildman–Crippen LogP) is 1.17. The van der Waals surface area contributed by atoms with Gasteiger partial charge in [0.1, 0.15) is 18.1 Å². The molecule has 30 heavy (non-hydrogen) atoms. The molecule has 3 fully saturated rings. The second kappa shape index (κ2) is 9.75. The van der Waals surface area contributed by atoms with E-state index in [-0.39, 0.29) is 24.5 Å². The summed E-state index contributed by atoms with van der Waals surface area (Å²) in [7, 11) is 1.55. The van der Waals surface area contributed by atoms with Crippen molar-refractivity contribution in [3.05, 3.63) is 24.0 Å². The Morgan fingerprint density at radius 1 is 1.23 bits per heavy atom. The normalized spacial score (nSPS) is 23.4. The lowest BCUT2D eigenvalue weighted by molar-refractivity contribution is -0.149. The first kappa shape index (κ1) is 21.1. The number of aromatic nitrogens is 1. The first-order chi connectivity index (χ1) is 14.6. The van der Waals surface area contributed by atoms with Gasteiger partial charge in [-0.3, -0.25) is 14.6 Å². The van der Waals surface area contributed by atoms with Gasteiger partial charge in [-0.2, -0.15) is 0 Å². The molecule has 0 spiro atoms. The van der Waals surface area contributed by atoms with Gasteiger partial charge in [0.25, 0.3) is 5.91 Å². The Bertz CT molecular complexity index is 746. The van der Waals surface area contributed by atoms with Crippen molar-refractivity contribution in [3.63, 3.8) is 0 Å². The van der Waals surface area contributed by atoms with E-state index in [2.05, 4.69) is 15.2 Å². The number of hydrogen-bond acceptors (Lipinski definition) is 6. The summed E-state index contributed by atoms with van der Waals surface area (Å²) in [5.41, 5.74) is 0.302. The Labute approximate surface area is 177 Å². The number of likely N-dealkylation sites (tertiary alicyclic amines) is 1. The number of carbonyl (C=O) groups is 2. The highest BCUT2D eigenvalue weighted by Crippen LogP contribution is 2.31. The van der Waals surface area contributed by atoms with Gasteiger partial charge in [-0.25, -0.2) is 0 Å². The van der Waals surface area contributed by atoms with Crippen molar-refractivity contribution < 1.29 is 19.1 Å². The fourth-order valence-electron chi connectivity index (χ4n) is 4.27. The molecule has 3 heterocycles. The van der Waals surface area contributed by atoms with E-state index < -0.39 is 0 Å². The highest BCUT2D eigenvalue weighted by molar-refractivity contribution is 5.92. The quantitative estimate of drug-likeness (QED) is 0.685. The molecule has 8 heteroatoms. The third-order valence-electron chi connectivity index (χ3n) is 6.31. The molecule has 2 aliphatic heterocycles. The first-order valence-electron chi connectivity index (χ1n) is 11.0. The maximum absolute atomic E-state index is 12.4. The molecule has 0 bridgehead atoms. The summed E-state index contributed by atoms with van der Waals surface area (Å²) in [6, 6.07) is 3.30. The van der Waals surface area contributed by atoms with Crippen LogP contribution in [0.25, 0.3) is 0 Å². The van der Waals surface area contributed by atoms with E-state index in [1.807, 2.05) is 4.90 Å². The van der Waals surface area contributed by atoms with Gasteiger partial charge in [-0.1, -0.05) is 0 Å². The van der Waals surface area contributed by atoms with Crippen LogP contribution in [0.4, 0.5) is 0 Å². The SMILES string of the molecule is COc1ccnc(C(=O)NCC2CN(CC3CCN(CC4CC4)CC3)C(=O)CO2)c1. The van der Waals surface area contributed by atoms with Crippen molar-refractivity contribution in [2.24, 2.45) is 11.8 Å². The average molecular weight is 417 g/mol. The zero-order valence-electron chi connectivity index (χ0n) is 17.7. The van der Waals surface area contributed by atoms with Crippen LogP contribution in [0.15, 0.2) is 18.3 Å². The van der Waals surface area contributed by atoms with Crippen LogP contribution in [0.2, 0.25) is 0 Å². The number of hydrogen-bond donors (Lipinski definition) is 1. The molecule has 1 aromatic rings. The molecule has 1 unspecified atom stereocenters. The number of amides is 2. The first-order valence-corrected chi connectivity index (χ1v) is 11.0. The monoisotopic (exact) mass is 416 g/mol. The zero-order chi connectivity index (χ0) is 20.9. The molecule has 4 rings (SSSR count). The number of pyridine rings is 1. The molecule has 0 radical (unpaired) electrons. The number of rotatable bonds is 8. The summed E-state index contributed by atoms with van der Waals surface area (Å²) >= 11 is 0. The number of ether oxygens (including phenoxy) is 2. The number of nitrogens with one attached hydrogen (secondary N) is 1. The van der Waals surface area contributed by atoms with Crippen molar-refractivity contribution in [3.8, 4) is 5.75 Å². The van der Waals surface area contributed by atoms with E-state index in [1.54, 1.807) is 25.4 Å². The van der Waals surface area contributed by atoms with E-state index >= 15 is 0 Å². The lowest BCUT2D eigenvalue weighted by atomic mass is 9.95. The lowest BCUT2D eigenvalue weighted by Gasteiger charge is -2.38. The number of methoxy groups -OCH3 is 1. The van der Waals surface area contributed by atoms with Crippen LogP contribution in [0.1, 0.15) is 36.2 Å². The van der Waals surface area contributed by atoms with Crippen molar-refractivity contribution in [1.29, 1.82) is 0 Å². The minimum absolute atomic E-state index is 0.0486. The Morgan fingerprint density at radius 3 is 2.73 bits per heavy atom. The fraction of sp³-hybridized carbons (Fsp3) is 0.682. The predicted molar refractivity (Wildman–Crippen MR) is 111 cm³/mol. The molecule has 8 nitrogen and oxygen atoms in total. The van der Waals surface area contributed by atoms with Gasteiger partial charge in [0.2, 0.25) is 5.91 Å². The zero-order valence-corrected chi connectivity index (χ0v) is 17.7. The molecular weight excluding hydrogens is 384 g/mol. The summed E-state index contributed by atoms with van der Waals surface area (Å²) in [6.45, 7) is 5.29. The second-order valence-electron chi connectivity index (χ2n) is 8.71. The number of piperidine rings is 1. The smallest absolute Gasteiger partial charge is 0.270 e. The van der Waals surface area contributed by atoms with Gasteiger partial charge >= 0.3 is 0 Å². The van der Waals surface area contributed by atoms with Crippen LogP contribution in [0.3, 0.4) is 0 Å². The molecule has 2 amide bonds. The van der Waals surface area contributed by atoms with Crippen LogP contribution >= 0.6 is 0 Å². The van der Waals surface area contributed by atoms with Crippen molar-refractivity contribution in [2.75, 3.05) is 53.0 Å². The minimum Gasteiger partial charge on any atom is -0.497 e. The van der Waals surface area contributed by atoms with Crippen LogP contribution in [0, 0.1) is 11.8 Å². The van der Waals surface area contributed by atoms with Crippen LogP contribution in [0.5, 0.6) is 5.75 Å². The summed E-state index contributed by atoms with van der Waals surface area (Å²) in [5.74, 6) is 1.85. The molecule has 1 atom stereocenters. The average Bonchev–Trinajstić information content (AvgIpc) is 3.59. The Kier molecular flexibility index (Phi) is 6.84. The Morgan fingerprint density at radius 2 is 2.00 bits per heavy atom. The van der Waals surface area contributed by atoms with E-state index in [1.165, 1.54) is 19.4 Å². The van der Waals surface area contributed by atoms with Gasteiger partial charge in [0, 0.05) is 38.4 Å². The van der Waals surface area contributed by atoms with Gasteiger partial charge in [-0.05, 0) is 56.7 Å². The maximum Gasteiger partial charge on any atom is 0.270 e. The topological polar surface area (TPSA) is 84.0 Å². The maximum atomic E-state index is 12.4. The minimum atomic E-state index is -0.274. The molecule has 1 saturated carbocycles. The van der Waals surface area contributed by atoms with Gasteiger partial charge < -0.3 is 24.6 Å². The summed E-state index contributed by atoms with van der Waals surface area (Å²) in [6.07, 6.45) is 6.44. The van der Waals surface area contributed by atoms with E-state index in [0.717, 1.165) is 38.4 Å². The largest absolute Gasteiger partial charge is 0.497 e.